The lowest BCUT2D eigenvalue weighted by Crippen LogP contribution is -2.06. The number of tetrazole rings is 1. The van der Waals surface area contributed by atoms with Crippen molar-refractivity contribution in [1.82, 2.24) is 20.2 Å². The van der Waals surface area contributed by atoms with Crippen molar-refractivity contribution in [2.75, 3.05) is 0 Å². The number of carboxylic acid groups (broad SMARTS) is 1. The molecule has 0 saturated carbocycles. The fourth-order valence-electron chi connectivity index (χ4n) is 1.78. The molecule has 1 aromatic carbocycles. The Bertz CT molecular complexity index is 597. The highest BCUT2D eigenvalue weighted by molar-refractivity contribution is 9.10. The molecule has 0 saturated heterocycles. The number of hydrogen-bond donors (Lipinski definition) is 1. The average Bonchev–Trinajstić information content (AvgIpc) is 2.80. The van der Waals surface area contributed by atoms with E-state index in [-0.39, 0.29) is 6.42 Å². The molecule has 1 N–H and O–H groups in total. The van der Waals surface area contributed by atoms with Crippen LogP contribution in [0.2, 0.25) is 0 Å². The maximum absolute atomic E-state index is 10.5. The van der Waals surface area contributed by atoms with Crippen LogP contribution in [0.1, 0.15) is 18.4 Å². The third-order valence-electron chi connectivity index (χ3n) is 2.80. The van der Waals surface area contributed by atoms with E-state index in [1.807, 2.05) is 25.1 Å². The fourth-order valence-corrected chi connectivity index (χ4v) is 2.14. The van der Waals surface area contributed by atoms with Crippen LogP contribution in [-0.2, 0) is 11.3 Å². The van der Waals surface area contributed by atoms with Crippen LogP contribution >= 0.6 is 15.9 Å². The first kappa shape index (κ1) is 13.7. The number of rotatable bonds is 5. The maximum atomic E-state index is 10.5. The van der Waals surface area contributed by atoms with Crippen LogP contribution in [0.4, 0.5) is 0 Å². The van der Waals surface area contributed by atoms with Crippen LogP contribution in [0.15, 0.2) is 22.7 Å². The van der Waals surface area contributed by atoms with Crippen molar-refractivity contribution in [3.05, 3.63) is 28.2 Å². The van der Waals surface area contributed by atoms with Crippen molar-refractivity contribution in [2.24, 2.45) is 0 Å². The summed E-state index contributed by atoms with van der Waals surface area (Å²) in [6.07, 6.45) is 0.608. The minimum atomic E-state index is -0.812. The first-order chi connectivity index (χ1) is 9.09. The minimum absolute atomic E-state index is 0.108. The van der Waals surface area contributed by atoms with Crippen LogP contribution in [0, 0.1) is 6.92 Å². The Morgan fingerprint density at radius 2 is 2.26 bits per heavy atom. The van der Waals surface area contributed by atoms with Crippen molar-refractivity contribution in [3.8, 4) is 11.4 Å². The quantitative estimate of drug-likeness (QED) is 0.912. The van der Waals surface area contributed by atoms with E-state index >= 15 is 0 Å². The highest BCUT2D eigenvalue weighted by atomic mass is 79.9. The SMILES string of the molecule is Cc1c(Br)cccc1-c1nnnn1CCCC(=O)O. The molecule has 0 bridgehead atoms. The summed E-state index contributed by atoms with van der Waals surface area (Å²) in [5.74, 6) is -0.155. The Labute approximate surface area is 118 Å². The lowest BCUT2D eigenvalue weighted by molar-refractivity contribution is -0.137. The third-order valence-corrected chi connectivity index (χ3v) is 3.66. The summed E-state index contributed by atoms with van der Waals surface area (Å²) in [5, 5.41) is 20.2. The van der Waals surface area contributed by atoms with Crippen LogP contribution in [0.5, 0.6) is 0 Å². The molecule has 100 valence electrons. The first-order valence-electron chi connectivity index (χ1n) is 5.83. The summed E-state index contributed by atoms with van der Waals surface area (Å²) >= 11 is 3.47. The average molecular weight is 325 g/mol. The number of carboxylic acids is 1. The summed E-state index contributed by atoms with van der Waals surface area (Å²) in [6.45, 7) is 2.47. The van der Waals surface area contributed by atoms with Crippen LogP contribution in [0.25, 0.3) is 11.4 Å². The fraction of sp³-hybridized carbons (Fsp3) is 0.333. The Morgan fingerprint density at radius 3 is 3.00 bits per heavy atom. The number of benzene rings is 1. The molecule has 0 fully saturated rings. The van der Waals surface area contributed by atoms with E-state index in [4.69, 9.17) is 5.11 Å². The van der Waals surface area contributed by atoms with Crippen molar-refractivity contribution in [1.29, 1.82) is 0 Å². The van der Waals surface area contributed by atoms with E-state index in [1.165, 1.54) is 0 Å². The van der Waals surface area contributed by atoms with Gasteiger partial charge in [0.1, 0.15) is 0 Å². The summed E-state index contributed by atoms with van der Waals surface area (Å²) in [4.78, 5) is 10.5. The summed E-state index contributed by atoms with van der Waals surface area (Å²) in [5.41, 5.74) is 1.99. The van der Waals surface area contributed by atoms with Crippen molar-refractivity contribution in [3.63, 3.8) is 0 Å². The van der Waals surface area contributed by atoms with Gasteiger partial charge in [0.25, 0.3) is 0 Å². The zero-order chi connectivity index (χ0) is 13.8. The van der Waals surface area contributed by atoms with Gasteiger partial charge in [-0.25, -0.2) is 4.68 Å². The molecule has 1 heterocycles. The molecule has 2 aromatic rings. The first-order valence-corrected chi connectivity index (χ1v) is 6.62. The van der Waals surface area contributed by atoms with E-state index in [0.29, 0.717) is 18.8 Å². The summed E-state index contributed by atoms with van der Waals surface area (Å²) in [7, 11) is 0. The standard InChI is InChI=1S/C12H13BrN4O2/c1-8-9(4-2-5-10(8)13)12-14-15-16-17(12)7-3-6-11(18)19/h2,4-5H,3,6-7H2,1H3,(H,18,19). The van der Waals surface area contributed by atoms with Crippen molar-refractivity contribution >= 4 is 21.9 Å². The van der Waals surface area contributed by atoms with Gasteiger partial charge in [0.15, 0.2) is 5.82 Å². The second-order valence-electron chi connectivity index (χ2n) is 4.14. The Morgan fingerprint density at radius 1 is 1.47 bits per heavy atom. The van der Waals surface area contributed by atoms with Gasteiger partial charge in [-0.15, -0.1) is 5.10 Å². The summed E-state index contributed by atoms with van der Waals surface area (Å²) in [6, 6.07) is 5.82. The molecule has 0 unspecified atom stereocenters. The smallest absolute Gasteiger partial charge is 0.303 e. The predicted octanol–water partition coefficient (Wildman–Crippen LogP) is 2.28. The Hall–Kier alpha value is -1.76. The van der Waals surface area contributed by atoms with Crippen molar-refractivity contribution in [2.45, 2.75) is 26.3 Å². The highest BCUT2D eigenvalue weighted by Crippen LogP contribution is 2.26. The molecule has 0 atom stereocenters. The molecule has 0 aliphatic heterocycles. The molecule has 6 nitrogen and oxygen atoms in total. The highest BCUT2D eigenvalue weighted by Gasteiger charge is 2.12. The van der Waals surface area contributed by atoms with Gasteiger partial charge in [-0.2, -0.15) is 0 Å². The lowest BCUT2D eigenvalue weighted by Gasteiger charge is -2.07. The number of aliphatic carboxylic acids is 1. The van der Waals surface area contributed by atoms with Gasteiger partial charge in [0.05, 0.1) is 0 Å². The second-order valence-corrected chi connectivity index (χ2v) is 4.99. The van der Waals surface area contributed by atoms with Gasteiger partial charge in [0.2, 0.25) is 0 Å². The zero-order valence-corrected chi connectivity index (χ0v) is 12.0. The monoisotopic (exact) mass is 324 g/mol. The molecule has 0 aliphatic carbocycles. The molecular weight excluding hydrogens is 312 g/mol. The van der Waals surface area contributed by atoms with E-state index in [9.17, 15) is 4.79 Å². The minimum Gasteiger partial charge on any atom is -0.481 e. The van der Waals surface area contributed by atoms with Gasteiger partial charge in [-0.1, -0.05) is 28.1 Å². The zero-order valence-electron chi connectivity index (χ0n) is 10.4. The molecule has 2 rings (SSSR count). The Balaban J connectivity index is 2.24. The molecule has 19 heavy (non-hydrogen) atoms. The molecule has 0 spiro atoms. The number of hydrogen-bond acceptors (Lipinski definition) is 4. The van der Waals surface area contributed by atoms with E-state index in [2.05, 4.69) is 31.5 Å². The normalized spacial score (nSPS) is 10.6. The number of nitrogens with zero attached hydrogens (tertiary/aromatic N) is 4. The molecule has 0 aliphatic rings. The molecule has 1 aromatic heterocycles. The summed E-state index contributed by atoms with van der Waals surface area (Å²) < 4.78 is 2.63. The third kappa shape index (κ3) is 3.17. The van der Waals surface area contributed by atoms with Gasteiger partial charge in [0, 0.05) is 23.0 Å². The number of aromatic nitrogens is 4. The van der Waals surface area contributed by atoms with Crippen LogP contribution < -0.4 is 0 Å². The van der Waals surface area contributed by atoms with E-state index < -0.39 is 5.97 Å². The molecule has 0 radical (unpaired) electrons. The van der Waals surface area contributed by atoms with E-state index in [0.717, 1.165) is 15.6 Å². The topological polar surface area (TPSA) is 80.9 Å². The maximum Gasteiger partial charge on any atom is 0.303 e. The number of aryl methyl sites for hydroxylation is 1. The molecular formula is C12H13BrN4O2. The Kier molecular flexibility index (Phi) is 4.26. The molecule has 7 heteroatoms. The largest absolute Gasteiger partial charge is 0.481 e. The van der Waals surface area contributed by atoms with E-state index in [1.54, 1.807) is 4.68 Å². The van der Waals surface area contributed by atoms with Gasteiger partial charge < -0.3 is 5.11 Å². The number of carbonyl (C=O) groups is 1. The van der Waals surface area contributed by atoms with Crippen LogP contribution in [0.3, 0.4) is 0 Å². The van der Waals surface area contributed by atoms with Crippen LogP contribution in [-0.4, -0.2) is 31.3 Å². The predicted molar refractivity (Wildman–Crippen MR) is 72.6 cm³/mol. The van der Waals surface area contributed by atoms with Gasteiger partial charge in [-0.3, -0.25) is 4.79 Å². The van der Waals surface area contributed by atoms with Crippen molar-refractivity contribution < 1.29 is 9.90 Å². The van der Waals surface area contributed by atoms with Gasteiger partial charge >= 0.3 is 5.97 Å². The van der Waals surface area contributed by atoms with Gasteiger partial charge in [-0.05, 0) is 35.4 Å². The number of halogens is 1. The lowest BCUT2D eigenvalue weighted by atomic mass is 10.1. The second kappa shape index (κ2) is 5.92. The molecule has 0 amide bonds.